The maximum absolute atomic E-state index is 13.2. The Kier molecular flexibility index (Phi) is 7.83. The number of carbonyl (C=O) groups excluding carboxylic acids is 2. The third kappa shape index (κ3) is 5.99. The van der Waals surface area contributed by atoms with Crippen molar-refractivity contribution in [3.05, 3.63) is 94.5 Å². The van der Waals surface area contributed by atoms with Gasteiger partial charge in [-0.25, -0.2) is 5.48 Å². The summed E-state index contributed by atoms with van der Waals surface area (Å²) in [5.41, 5.74) is 5.89. The predicted octanol–water partition coefficient (Wildman–Crippen LogP) is 3.99. The van der Waals surface area contributed by atoms with Gasteiger partial charge in [-0.05, 0) is 54.0 Å². The minimum Gasteiger partial charge on any atom is -0.493 e. The fraction of sp³-hybridized carbons (Fsp3) is 0.154. The van der Waals surface area contributed by atoms with Gasteiger partial charge in [0.2, 0.25) is 0 Å². The minimum absolute atomic E-state index is 0.245. The second-order valence-corrected chi connectivity index (χ2v) is 7.36. The average Bonchev–Trinajstić information content (AvgIpc) is 2.86. The number of hydroxylamine groups is 1. The number of benzene rings is 3. The Labute approximate surface area is 192 Å². The summed E-state index contributed by atoms with van der Waals surface area (Å²) >= 11 is 0. The van der Waals surface area contributed by atoms with Crippen LogP contribution in [-0.2, 0) is 11.3 Å². The first-order valence-corrected chi connectivity index (χ1v) is 10.3. The summed E-state index contributed by atoms with van der Waals surface area (Å²) in [5.74, 6) is 0.340. The number of carbonyl (C=O) groups is 2. The number of rotatable bonds is 8. The second kappa shape index (κ2) is 11.0. The average molecular weight is 447 g/mol. The largest absolute Gasteiger partial charge is 0.493 e. The Morgan fingerprint density at radius 2 is 1.52 bits per heavy atom. The van der Waals surface area contributed by atoms with Gasteiger partial charge in [-0.3, -0.25) is 14.8 Å². The van der Waals surface area contributed by atoms with E-state index in [0.717, 1.165) is 22.3 Å². The van der Waals surface area contributed by atoms with Crippen molar-refractivity contribution in [3.8, 4) is 11.5 Å². The molecular weight excluding hydrogens is 420 g/mol. The quantitative estimate of drug-likeness (QED) is 0.210. The van der Waals surface area contributed by atoms with E-state index in [4.69, 9.17) is 14.7 Å². The molecule has 0 bridgehead atoms. The number of hydrogen-bond acceptors (Lipinski definition) is 5. The molecular formula is C26H26N2O5. The van der Waals surface area contributed by atoms with Gasteiger partial charge in [0.05, 0.1) is 14.2 Å². The lowest BCUT2D eigenvalue weighted by Crippen LogP contribution is -2.24. The Hall–Kier alpha value is -4.10. The molecule has 0 aliphatic carbocycles. The van der Waals surface area contributed by atoms with Gasteiger partial charge in [0.1, 0.15) is 0 Å². The van der Waals surface area contributed by atoms with Crippen molar-refractivity contribution in [1.29, 1.82) is 0 Å². The zero-order valence-electron chi connectivity index (χ0n) is 18.7. The van der Waals surface area contributed by atoms with Crippen LogP contribution in [0.4, 0.5) is 0 Å². The third-order valence-corrected chi connectivity index (χ3v) is 5.10. The Bertz CT molecular complexity index is 1150. The topological polar surface area (TPSA) is 96.9 Å². The monoisotopic (exact) mass is 446 g/mol. The molecule has 0 unspecified atom stereocenters. The van der Waals surface area contributed by atoms with Crippen LogP contribution in [0.2, 0.25) is 0 Å². The van der Waals surface area contributed by atoms with Crippen LogP contribution in [-0.4, -0.2) is 31.2 Å². The van der Waals surface area contributed by atoms with E-state index in [-0.39, 0.29) is 12.5 Å². The van der Waals surface area contributed by atoms with E-state index >= 15 is 0 Å². The molecule has 2 amide bonds. The summed E-state index contributed by atoms with van der Waals surface area (Å²) < 4.78 is 10.7. The Morgan fingerprint density at radius 3 is 2.12 bits per heavy atom. The summed E-state index contributed by atoms with van der Waals surface area (Å²) in [7, 11) is 3.13. The summed E-state index contributed by atoms with van der Waals surface area (Å²) in [5, 5.41) is 11.7. The van der Waals surface area contributed by atoms with E-state index in [1.165, 1.54) is 0 Å². The van der Waals surface area contributed by atoms with E-state index in [1.807, 2.05) is 43.3 Å². The first-order chi connectivity index (χ1) is 15.9. The number of nitrogens with one attached hydrogen (secondary N) is 2. The van der Waals surface area contributed by atoms with Crippen molar-refractivity contribution in [2.75, 3.05) is 14.2 Å². The molecule has 0 heterocycles. The van der Waals surface area contributed by atoms with E-state index in [1.54, 1.807) is 56.1 Å². The summed E-state index contributed by atoms with van der Waals surface area (Å²) in [6.07, 6.45) is 1.80. The summed E-state index contributed by atoms with van der Waals surface area (Å²) in [6.45, 7) is 2.26. The molecule has 0 atom stereocenters. The first-order valence-electron chi connectivity index (χ1n) is 10.3. The van der Waals surface area contributed by atoms with Gasteiger partial charge in [-0.1, -0.05) is 48.0 Å². The van der Waals surface area contributed by atoms with Gasteiger partial charge < -0.3 is 14.8 Å². The van der Waals surface area contributed by atoms with Gasteiger partial charge in [0, 0.05) is 17.7 Å². The molecule has 0 saturated carbocycles. The van der Waals surface area contributed by atoms with Crippen molar-refractivity contribution in [1.82, 2.24) is 10.8 Å². The predicted molar refractivity (Wildman–Crippen MR) is 126 cm³/mol. The maximum Gasteiger partial charge on any atom is 0.274 e. The lowest BCUT2D eigenvalue weighted by molar-refractivity contribution is -0.115. The number of amides is 2. The van der Waals surface area contributed by atoms with Gasteiger partial charge in [-0.2, -0.15) is 0 Å². The SMILES string of the molecule is COc1ccc(/C=C(/C(=O)NCc2ccc(C(=O)NO)cc2)c2ccc(C)cc2)cc1OC. The highest BCUT2D eigenvalue weighted by atomic mass is 16.5. The number of methoxy groups -OCH3 is 2. The molecule has 3 aromatic carbocycles. The molecule has 33 heavy (non-hydrogen) atoms. The van der Waals surface area contributed by atoms with Gasteiger partial charge in [-0.15, -0.1) is 0 Å². The molecule has 0 aromatic heterocycles. The van der Waals surface area contributed by atoms with Crippen molar-refractivity contribution in [2.24, 2.45) is 0 Å². The van der Waals surface area contributed by atoms with Gasteiger partial charge in [0.15, 0.2) is 11.5 Å². The van der Waals surface area contributed by atoms with E-state index in [2.05, 4.69) is 5.32 Å². The van der Waals surface area contributed by atoms with Crippen LogP contribution in [0.15, 0.2) is 66.7 Å². The van der Waals surface area contributed by atoms with Crippen LogP contribution in [0.3, 0.4) is 0 Å². The summed E-state index contributed by atoms with van der Waals surface area (Å²) in [4.78, 5) is 24.6. The molecule has 3 N–H and O–H groups in total. The standard InChI is InChI=1S/C26H26N2O5/c1-17-4-9-20(10-5-17)22(14-19-8-13-23(32-2)24(15-19)33-3)26(30)27-16-18-6-11-21(12-7-18)25(29)28-31/h4-15,31H,16H2,1-3H3,(H,27,30)(H,28,29)/b22-14+. The van der Waals surface area contributed by atoms with Crippen molar-refractivity contribution in [2.45, 2.75) is 13.5 Å². The van der Waals surface area contributed by atoms with E-state index < -0.39 is 5.91 Å². The van der Waals surface area contributed by atoms with Crippen LogP contribution in [0, 0.1) is 6.92 Å². The zero-order chi connectivity index (χ0) is 23.8. The van der Waals surface area contributed by atoms with Crippen molar-refractivity contribution < 1.29 is 24.3 Å². The molecule has 0 aliphatic heterocycles. The molecule has 0 aliphatic rings. The van der Waals surface area contributed by atoms with Crippen molar-refractivity contribution >= 4 is 23.5 Å². The molecule has 0 spiro atoms. The molecule has 170 valence electrons. The molecule has 0 radical (unpaired) electrons. The third-order valence-electron chi connectivity index (χ3n) is 5.10. The fourth-order valence-electron chi connectivity index (χ4n) is 3.24. The van der Waals surface area contributed by atoms with Crippen LogP contribution >= 0.6 is 0 Å². The fourth-order valence-corrected chi connectivity index (χ4v) is 3.24. The van der Waals surface area contributed by atoms with Crippen LogP contribution < -0.4 is 20.3 Å². The highest BCUT2D eigenvalue weighted by Crippen LogP contribution is 2.29. The highest BCUT2D eigenvalue weighted by Gasteiger charge is 2.14. The number of hydrogen-bond donors (Lipinski definition) is 3. The van der Waals surface area contributed by atoms with Gasteiger partial charge in [0.25, 0.3) is 11.8 Å². The molecule has 0 saturated heterocycles. The maximum atomic E-state index is 13.2. The zero-order valence-corrected chi connectivity index (χ0v) is 18.7. The Morgan fingerprint density at radius 1 is 0.879 bits per heavy atom. The highest BCUT2D eigenvalue weighted by molar-refractivity contribution is 6.24. The van der Waals surface area contributed by atoms with Crippen LogP contribution in [0.25, 0.3) is 11.6 Å². The molecule has 7 heteroatoms. The molecule has 0 fully saturated rings. The second-order valence-electron chi connectivity index (χ2n) is 7.36. The Balaban J connectivity index is 1.86. The first kappa shape index (κ1) is 23.6. The van der Waals surface area contributed by atoms with E-state index in [9.17, 15) is 9.59 Å². The van der Waals surface area contributed by atoms with Gasteiger partial charge >= 0.3 is 0 Å². The summed E-state index contributed by atoms with van der Waals surface area (Å²) in [6, 6.07) is 19.8. The lowest BCUT2D eigenvalue weighted by atomic mass is 10.0. The molecule has 7 nitrogen and oxygen atoms in total. The lowest BCUT2D eigenvalue weighted by Gasteiger charge is -2.12. The van der Waals surface area contributed by atoms with Crippen molar-refractivity contribution in [3.63, 3.8) is 0 Å². The number of aryl methyl sites for hydroxylation is 1. The minimum atomic E-state index is -0.593. The smallest absolute Gasteiger partial charge is 0.274 e. The van der Waals surface area contributed by atoms with Crippen LogP contribution in [0.5, 0.6) is 11.5 Å². The normalized spacial score (nSPS) is 11.0. The molecule has 3 aromatic rings. The molecule has 3 rings (SSSR count). The number of ether oxygens (including phenoxy) is 2. The van der Waals surface area contributed by atoms with E-state index in [0.29, 0.717) is 22.6 Å². The van der Waals surface area contributed by atoms with Crippen LogP contribution in [0.1, 0.15) is 32.6 Å².